The molecule has 1 heterocycles. The van der Waals surface area contributed by atoms with Gasteiger partial charge >= 0.3 is 0 Å². The number of benzene rings is 3. The smallest absolute Gasteiger partial charge is 0.143 e. The molecule has 5 heteroatoms. The van der Waals surface area contributed by atoms with Gasteiger partial charge in [-0.05, 0) is 16.7 Å². The lowest BCUT2D eigenvalue weighted by atomic mass is 9.80. The molecule has 1 aliphatic rings. The van der Waals surface area contributed by atoms with Crippen LogP contribution in [0.2, 0.25) is 0 Å². The summed E-state index contributed by atoms with van der Waals surface area (Å²) in [4.78, 5) is 0. The summed E-state index contributed by atoms with van der Waals surface area (Å²) in [5, 5.41) is 20.3. The van der Waals surface area contributed by atoms with E-state index in [4.69, 9.17) is 9.47 Å². The maximum absolute atomic E-state index is 10.3. The summed E-state index contributed by atoms with van der Waals surface area (Å²) in [5.41, 5.74) is 1.26. The average Bonchev–Trinajstić information content (AvgIpc) is 3.03. The van der Waals surface area contributed by atoms with Crippen molar-refractivity contribution in [2.24, 2.45) is 0 Å². The Kier molecular flexibility index (Phi) is 6.04. The van der Waals surface area contributed by atoms with E-state index in [1.165, 1.54) is 0 Å². The molecular formula is C24H24O4S. The van der Waals surface area contributed by atoms with Gasteiger partial charge in [-0.2, -0.15) is 0 Å². The minimum absolute atomic E-state index is 0.0912. The molecule has 0 spiro atoms. The second-order valence-electron chi connectivity index (χ2n) is 7.14. The molecule has 1 fully saturated rings. The number of ether oxygens (including phenoxy) is 2. The van der Waals surface area contributed by atoms with Crippen molar-refractivity contribution in [2.75, 3.05) is 6.61 Å². The molecule has 4 atom stereocenters. The lowest BCUT2D eigenvalue weighted by Crippen LogP contribution is -2.39. The summed E-state index contributed by atoms with van der Waals surface area (Å²) in [7, 11) is 0. The third-order valence-electron chi connectivity index (χ3n) is 5.34. The highest BCUT2D eigenvalue weighted by Crippen LogP contribution is 2.41. The molecule has 1 aliphatic heterocycles. The van der Waals surface area contributed by atoms with Crippen LogP contribution in [0.25, 0.3) is 0 Å². The van der Waals surface area contributed by atoms with E-state index >= 15 is 0 Å². The highest BCUT2D eigenvalue weighted by Gasteiger charge is 2.44. The Morgan fingerprint density at radius 3 is 1.48 bits per heavy atom. The Morgan fingerprint density at radius 2 is 1.14 bits per heavy atom. The van der Waals surface area contributed by atoms with Gasteiger partial charge in [-0.3, -0.25) is 0 Å². The summed E-state index contributed by atoms with van der Waals surface area (Å²) >= 11 is 4.19. The van der Waals surface area contributed by atoms with E-state index in [-0.39, 0.29) is 6.61 Å². The van der Waals surface area contributed by atoms with Crippen molar-refractivity contribution < 1.29 is 19.7 Å². The number of rotatable bonds is 6. The van der Waals surface area contributed by atoms with Gasteiger partial charge in [-0.1, -0.05) is 91.0 Å². The van der Waals surface area contributed by atoms with Crippen LogP contribution in [0.1, 0.15) is 16.7 Å². The predicted molar refractivity (Wildman–Crippen MR) is 115 cm³/mol. The third-order valence-corrected chi connectivity index (χ3v) is 5.77. The molecule has 4 nitrogen and oxygen atoms in total. The molecule has 1 saturated heterocycles. The van der Waals surface area contributed by atoms with Crippen LogP contribution in [0.15, 0.2) is 91.0 Å². The Morgan fingerprint density at radius 1 is 0.724 bits per heavy atom. The Bertz CT molecular complexity index is 807. The second kappa shape index (κ2) is 8.69. The lowest BCUT2D eigenvalue weighted by Gasteiger charge is -2.37. The van der Waals surface area contributed by atoms with Gasteiger partial charge in [-0.25, -0.2) is 0 Å². The van der Waals surface area contributed by atoms with Crippen molar-refractivity contribution >= 4 is 12.6 Å². The van der Waals surface area contributed by atoms with E-state index in [9.17, 15) is 10.2 Å². The van der Waals surface area contributed by atoms with Crippen LogP contribution >= 0.6 is 12.6 Å². The van der Waals surface area contributed by atoms with Gasteiger partial charge in [0.05, 0.1) is 6.61 Å². The maximum atomic E-state index is 10.3. The van der Waals surface area contributed by atoms with Crippen molar-refractivity contribution in [2.45, 2.75) is 29.3 Å². The first-order valence-electron chi connectivity index (χ1n) is 9.63. The molecule has 3 aromatic rings. The van der Waals surface area contributed by atoms with E-state index < -0.39 is 29.3 Å². The van der Waals surface area contributed by atoms with Crippen LogP contribution < -0.4 is 0 Å². The molecule has 0 amide bonds. The number of hydrogen-bond donors (Lipinski definition) is 3. The van der Waals surface area contributed by atoms with Crippen LogP contribution in [0.3, 0.4) is 0 Å². The van der Waals surface area contributed by atoms with E-state index in [0.29, 0.717) is 0 Å². The molecule has 0 saturated carbocycles. The second-order valence-corrected chi connectivity index (χ2v) is 7.65. The highest BCUT2D eigenvalue weighted by atomic mass is 32.1. The van der Waals surface area contributed by atoms with Crippen LogP contribution in [0.4, 0.5) is 0 Å². The van der Waals surface area contributed by atoms with Gasteiger partial charge in [0, 0.05) is 0 Å². The van der Waals surface area contributed by atoms with Crippen LogP contribution in [0.5, 0.6) is 0 Å². The minimum atomic E-state index is -1.06. The Balaban J connectivity index is 1.80. The van der Waals surface area contributed by atoms with Crippen molar-refractivity contribution in [3.63, 3.8) is 0 Å². The predicted octanol–water partition coefficient (Wildman–Crippen LogP) is 3.37. The van der Waals surface area contributed by atoms with E-state index in [0.717, 1.165) is 16.7 Å². The van der Waals surface area contributed by atoms with E-state index in [1.807, 2.05) is 91.0 Å². The molecule has 0 bridgehead atoms. The summed E-state index contributed by atoms with van der Waals surface area (Å²) in [6.45, 7) is 0.0912. The summed E-state index contributed by atoms with van der Waals surface area (Å²) < 4.78 is 12.2. The first kappa shape index (κ1) is 20.1. The van der Waals surface area contributed by atoms with Gasteiger partial charge < -0.3 is 19.7 Å². The standard InChI is InChI=1S/C24H24O4S/c25-21-20(28-23(29)22(21)26)16-27-24(17-10-4-1-5-11-17,18-12-6-2-7-13-18)19-14-8-3-9-15-19/h1-15,20-23,25-26,29H,16H2/t20-,21+,22-,23+/m1/s1. The lowest BCUT2D eigenvalue weighted by molar-refractivity contribution is -0.0745. The zero-order valence-corrected chi connectivity index (χ0v) is 16.7. The van der Waals surface area contributed by atoms with Gasteiger partial charge in [0.15, 0.2) is 0 Å². The molecule has 3 aromatic carbocycles. The van der Waals surface area contributed by atoms with Gasteiger partial charge in [0.1, 0.15) is 29.3 Å². The Labute approximate surface area is 176 Å². The van der Waals surface area contributed by atoms with E-state index in [2.05, 4.69) is 12.6 Å². The summed E-state index contributed by atoms with van der Waals surface area (Å²) in [6, 6.07) is 30.0. The molecule has 0 unspecified atom stereocenters. The number of hydrogen-bond acceptors (Lipinski definition) is 5. The molecule has 2 N–H and O–H groups in total. The minimum Gasteiger partial charge on any atom is -0.387 e. The van der Waals surface area contributed by atoms with Crippen LogP contribution in [-0.4, -0.2) is 40.6 Å². The zero-order chi connectivity index (χ0) is 20.3. The largest absolute Gasteiger partial charge is 0.387 e. The van der Waals surface area contributed by atoms with Gasteiger partial charge in [0.2, 0.25) is 0 Å². The van der Waals surface area contributed by atoms with E-state index in [1.54, 1.807) is 0 Å². The highest BCUT2D eigenvalue weighted by molar-refractivity contribution is 7.80. The van der Waals surface area contributed by atoms with Gasteiger partial charge in [0.25, 0.3) is 0 Å². The van der Waals surface area contributed by atoms with Crippen LogP contribution in [-0.2, 0) is 15.1 Å². The van der Waals surface area contributed by atoms with Crippen molar-refractivity contribution in [3.05, 3.63) is 108 Å². The summed E-state index contributed by atoms with van der Waals surface area (Å²) in [6.07, 6.45) is -2.79. The molecule has 150 valence electrons. The first-order valence-corrected chi connectivity index (χ1v) is 10.1. The first-order chi connectivity index (χ1) is 14.1. The maximum Gasteiger partial charge on any atom is 0.143 e. The molecule has 0 aliphatic carbocycles. The normalized spacial score (nSPS) is 24.5. The monoisotopic (exact) mass is 408 g/mol. The SMILES string of the molecule is O[C@@H]1[C@@H](O)[C@@H](COC(c2ccccc2)(c2ccccc2)c2ccccc2)O[C@H]1S. The molecule has 0 aromatic heterocycles. The van der Waals surface area contributed by atoms with Gasteiger partial charge in [-0.15, -0.1) is 12.6 Å². The summed E-state index contributed by atoms with van der Waals surface area (Å²) in [5.74, 6) is 0. The van der Waals surface area contributed by atoms with Crippen molar-refractivity contribution in [3.8, 4) is 0 Å². The topological polar surface area (TPSA) is 58.9 Å². The number of thiol groups is 1. The Hall–Kier alpha value is -2.15. The van der Waals surface area contributed by atoms with Crippen molar-refractivity contribution in [1.29, 1.82) is 0 Å². The quantitative estimate of drug-likeness (QED) is 0.432. The average molecular weight is 409 g/mol. The molecule has 4 rings (SSSR count). The number of aliphatic hydroxyl groups excluding tert-OH is 2. The molecular weight excluding hydrogens is 384 g/mol. The molecule has 29 heavy (non-hydrogen) atoms. The zero-order valence-electron chi connectivity index (χ0n) is 15.8. The fourth-order valence-electron chi connectivity index (χ4n) is 3.84. The fraction of sp³-hybridized carbons (Fsp3) is 0.250. The fourth-order valence-corrected chi connectivity index (χ4v) is 4.17. The number of aliphatic hydroxyl groups is 2. The van der Waals surface area contributed by atoms with Crippen molar-refractivity contribution in [1.82, 2.24) is 0 Å². The van der Waals surface area contributed by atoms with Crippen LogP contribution in [0, 0.1) is 0 Å². The third kappa shape index (κ3) is 3.84. The molecule has 0 radical (unpaired) electrons.